The number of pyridine rings is 1. The lowest BCUT2D eigenvalue weighted by Crippen LogP contribution is -2.39. The van der Waals surface area contributed by atoms with Crippen molar-refractivity contribution in [3.63, 3.8) is 0 Å². The van der Waals surface area contributed by atoms with Gasteiger partial charge in [-0.3, -0.25) is 4.79 Å². The molecule has 0 saturated carbocycles. The number of likely N-dealkylation sites (N-methyl/N-ethyl adjacent to an activating group) is 1. The quantitative estimate of drug-likeness (QED) is 0.701. The van der Waals surface area contributed by atoms with Crippen LogP contribution in [0.4, 0.5) is 11.5 Å². The number of carbonyl (C=O) groups is 1. The second-order valence-corrected chi connectivity index (χ2v) is 4.82. The Morgan fingerprint density at radius 3 is 2.61 bits per heavy atom. The van der Waals surface area contributed by atoms with E-state index in [9.17, 15) is 9.90 Å². The molecule has 6 nitrogen and oxygen atoms in total. The molecule has 1 heterocycles. The summed E-state index contributed by atoms with van der Waals surface area (Å²) in [6, 6.07) is 1.55. The van der Waals surface area contributed by atoms with E-state index >= 15 is 0 Å². The Morgan fingerprint density at radius 2 is 2.17 bits per heavy atom. The van der Waals surface area contributed by atoms with Crippen LogP contribution in [0.3, 0.4) is 0 Å². The van der Waals surface area contributed by atoms with E-state index in [0.717, 1.165) is 0 Å². The predicted octanol–water partition coefficient (Wildman–Crippen LogP) is 0.360. The molecule has 0 aliphatic carbocycles. The van der Waals surface area contributed by atoms with E-state index in [1.807, 2.05) is 11.8 Å². The average molecular weight is 252 g/mol. The maximum atomic E-state index is 11.2. The summed E-state index contributed by atoms with van der Waals surface area (Å²) in [5.41, 5.74) is 10.5. The van der Waals surface area contributed by atoms with Gasteiger partial charge in [-0.15, -0.1) is 0 Å². The maximum Gasteiger partial charge on any atom is 0.250 e. The molecule has 5 N–H and O–H groups in total. The van der Waals surface area contributed by atoms with Crippen LogP contribution in [0.2, 0.25) is 0 Å². The van der Waals surface area contributed by atoms with Crippen molar-refractivity contribution in [1.29, 1.82) is 0 Å². The molecule has 0 bridgehead atoms. The Balaban J connectivity index is 3.07. The zero-order chi connectivity index (χ0) is 13.9. The van der Waals surface area contributed by atoms with Crippen LogP contribution in [0.15, 0.2) is 12.3 Å². The topological polar surface area (TPSA) is 105 Å². The first-order valence-corrected chi connectivity index (χ1v) is 5.77. The fourth-order valence-corrected chi connectivity index (χ4v) is 1.66. The molecule has 1 rings (SSSR count). The SMILES string of the molecule is CCN(CC(C)(C)O)c1cc(C(N)=O)c(N)cn1. The maximum absolute atomic E-state index is 11.2. The molecule has 18 heavy (non-hydrogen) atoms. The molecule has 0 atom stereocenters. The average Bonchev–Trinajstić information content (AvgIpc) is 2.25. The highest BCUT2D eigenvalue weighted by atomic mass is 16.3. The van der Waals surface area contributed by atoms with Gasteiger partial charge in [-0.1, -0.05) is 0 Å². The second-order valence-electron chi connectivity index (χ2n) is 4.82. The summed E-state index contributed by atoms with van der Waals surface area (Å²) in [4.78, 5) is 17.2. The first-order valence-electron chi connectivity index (χ1n) is 5.77. The minimum Gasteiger partial charge on any atom is -0.397 e. The molecule has 0 aliphatic rings. The van der Waals surface area contributed by atoms with Crippen LogP contribution < -0.4 is 16.4 Å². The summed E-state index contributed by atoms with van der Waals surface area (Å²) in [5.74, 6) is -0.0157. The second kappa shape index (κ2) is 5.22. The fourth-order valence-electron chi connectivity index (χ4n) is 1.66. The van der Waals surface area contributed by atoms with Crippen molar-refractivity contribution >= 4 is 17.4 Å². The molecule has 0 fully saturated rings. The number of aromatic nitrogens is 1. The van der Waals surface area contributed by atoms with E-state index in [2.05, 4.69) is 4.98 Å². The normalized spacial score (nSPS) is 11.3. The summed E-state index contributed by atoms with van der Waals surface area (Å²) >= 11 is 0. The van der Waals surface area contributed by atoms with E-state index in [0.29, 0.717) is 18.9 Å². The highest BCUT2D eigenvalue weighted by Crippen LogP contribution is 2.19. The predicted molar refractivity (Wildman–Crippen MR) is 71.4 cm³/mol. The number of rotatable bonds is 5. The molecule has 0 aliphatic heterocycles. The summed E-state index contributed by atoms with van der Waals surface area (Å²) in [5, 5.41) is 9.83. The highest BCUT2D eigenvalue weighted by Gasteiger charge is 2.19. The Morgan fingerprint density at radius 1 is 1.56 bits per heavy atom. The van der Waals surface area contributed by atoms with Gasteiger partial charge in [0.1, 0.15) is 5.82 Å². The molecule has 1 aromatic rings. The number of hydrogen-bond acceptors (Lipinski definition) is 5. The molecule has 100 valence electrons. The number of anilines is 2. The van der Waals surface area contributed by atoms with Crippen LogP contribution in [-0.4, -0.2) is 34.7 Å². The minimum absolute atomic E-state index is 0.245. The van der Waals surface area contributed by atoms with Crippen LogP contribution in [0.5, 0.6) is 0 Å². The molecule has 6 heteroatoms. The first-order chi connectivity index (χ1) is 8.24. The molecular weight excluding hydrogens is 232 g/mol. The van der Waals surface area contributed by atoms with Gasteiger partial charge in [0.2, 0.25) is 0 Å². The number of nitrogens with two attached hydrogens (primary N) is 2. The first kappa shape index (κ1) is 14.2. The highest BCUT2D eigenvalue weighted by molar-refractivity contribution is 5.98. The molecule has 0 radical (unpaired) electrons. The number of primary amides is 1. The van der Waals surface area contributed by atoms with E-state index in [1.54, 1.807) is 19.9 Å². The van der Waals surface area contributed by atoms with Gasteiger partial charge < -0.3 is 21.5 Å². The summed E-state index contributed by atoms with van der Waals surface area (Å²) in [6.45, 7) is 6.41. The van der Waals surface area contributed by atoms with Gasteiger partial charge in [-0.25, -0.2) is 4.98 Å². The lowest BCUT2D eigenvalue weighted by molar-refractivity contribution is 0.0874. The fraction of sp³-hybridized carbons (Fsp3) is 0.500. The Labute approximate surface area is 107 Å². The van der Waals surface area contributed by atoms with Crippen molar-refractivity contribution in [3.05, 3.63) is 17.8 Å². The molecule has 0 unspecified atom stereocenters. The summed E-state index contributed by atoms with van der Waals surface area (Å²) in [7, 11) is 0. The largest absolute Gasteiger partial charge is 0.397 e. The van der Waals surface area contributed by atoms with Gasteiger partial charge in [0.05, 0.1) is 23.0 Å². The van der Waals surface area contributed by atoms with Crippen molar-refractivity contribution in [2.75, 3.05) is 23.7 Å². The smallest absolute Gasteiger partial charge is 0.250 e. The van der Waals surface area contributed by atoms with E-state index in [1.165, 1.54) is 6.20 Å². The minimum atomic E-state index is -0.855. The van der Waals surface area contributed by atoms with Gasteiger partial charge in [-0.05, 0) is 26.8 Å². The van der Waals surface area contributed by atoms with Gasteiger partial charge in [0.15, 0.2) is 0 Å². The Bertz CT molecular complexity index is 440. The van der Waals surface area contributed by atoms with Crippen LogP contribution in [0, 0.1) is 0 Å². The standard InChI is InChI=1S/C12H20N4O2/c1-4-16(7-12(2,3)18)10-5-8(11(14)17)9(13)6-15-10/h5-6,18H,4,7,13H2,1-3H3,(H2,14,17). The molecule has 1 amide bonds. The third-order valence-electron chi connectivity index (χ3n) is 2.47. The Hall–Kier alpha value is -1.82. The number of amides is 1. The van der Waals surface area contributed by atoms with Crippen molar-refractivity contribution < 1.29 is 9.90 Å². The molecule has 1 aromatic heterocycles. The number of hydrogen-bond donors (Lipinski definition) is 3. The number of carbonyl (C=O) groups excluding carboxylic acids is 1. The Kier molecular flexibility index (Phi) is 4.13. The van der Waals surface area contributed by atoms with Gasteiger partial charge in [0.25, 0.3) is 5.91 Å². The van der Waals surface area contributed by atoms with Crippen molar-refractivity contribution in [2.45, 2.75) is 26.4 Å². The van der Waals surface area contributed by atoms with Crippen molar-refractivity contribution in [3.8, 4) is 0 Å². The van der Waals surface area contributed by atoms with Gasteiger partial charge in [-0.2, -0.15) is 0 Å². The molecule has 0 saturated heterocycles. The third-order valence-corrected chi connectivity index (χ3v) is 2.47. The van der Waals surface area contributed by atoms with E-state index in [4.69, 9.17) is 11.5 Å². The molecular formula is C12H20N4O2. The third kappa shape index (κ3) is 3.59. The van der Waals surface area contributed by atoms with Crippen LogP contribution >= 0.6 is 0 Å². The van der Waals surface area contributed by atoms with Crippen LogP contribution in [0.1, 0.15) is 31.1 Å². The molecule has 0 aromatic carbocycles. The number of nitrogens with zero attached hydrogens (tertiary/aromatic N) is 2. The van der Waals surface area contributed by atoms with Gasteiger partial charge >= 0.3 is 0 Å². The van der Waals surface area contributed by atoms with Crippen molar-refractivity contribution in [2.24, 2.45) is 5.73 Å². The summed E-state index contributed by atoms with van der Waals surface area (Å²) < 4.78 is 0. The zero-order valence-corrected chi connectivity index (χ0v) is 11.0. The van der Waals surface area contributed by atoms with Crippen LogP contribution in [0.25, 0.3) is 0 Å². The molecule has 0 spiro atoms. The zero-order valence-electron chi connectivity index (χ0n) is 11.0. The van der Waals surface area contributed by atoms with Crippen LogP contribution in [-0.2, 0) is 0 Å². The van der Waals surface area contributed by atoms with E-state index in [-0.39, 0.29) is 11.3 Å². The monoisotopic (exact) mass is 252 g/mol. The summed E-state index contributed by atoms with van der Waals surface area (Å²) in [6.07, 6.45) is 1.41. The van der Waals surface area contributed by atoms with Crippen molar-refractivity contribution in [1.82, 2.24) is 4.98 Å². The number of aliphatic hydroxyl groups is 1. The van der Waals surface area contributed by atoms with E-state index < -0.39 is 11.5 Å². The van der Waals surface area contributed by atoms with Gasteiger partial charge in [0, 0.05) is 13.1 Å². The lowest BCUT2D eigenvalue weighted by Gasteiger charge is -2.29. The lowest BCUT2D eigenvalue weighted by atomic mass is 10.1. The number of nitrogen functional groups attached to an aromatic ring is 1.